The van der Waals surface area contributed by atoms with E-state index < -0.39 is 8.07 Å². The monoisotopic (exact) mass is 246 g/mol. The first-order valence-electron chi connectivity index (χ1n) is 6.87. The molecule has 0 radical (unpaired) electrons. The number of Topliss-reactive ketones (excluding diaryl/α,β-unsaturated/α-hetero) is 1. The van der Waals surface area contributed by atoms with Gasteiger partial charge in [0.05, 0.1) is 8.07 Å². The van der Waals surface area contributed by atoms with Crippen LogP contribution in [0, 0.1) is 11.3 Å². The number of hydrogen-bond acceptors (Lipinski definition) is 1. The highest BCUT2D eigenvalue weighted by atomic mass is 28.3. The minimum atomic E-state index is -1.51. The maximum atomic E-state index is 12.6. The van der Waals surface area contributed by atoms with Crippen molar-refractivity contribution in [1.29, 1.82) is 0 Å². The summed E-state index contributed by atoms with van der Waals surface area (Å²) in [6.07, 6.45) is 6.28. The summed E-state index contributed by atoms with van der Waals surface area (Å²) in [5, 5.41) is 1.24. The fraction of sp³-hybridized carbons (Fsp3) is 0.667. The fourth-order valence-electron chi connectivity index (χ4n) is 4.62. The first-order valence-corrected chi connectivity index (χ1v) is 10.4. The highest BCUT2D eigenvalue weighted by Gasteiger charge is 2.59. The smallest absolute Gasteiger partial charge is 0.181 e. The zero-order valence-corrected chi connectivity index (χ0v) is 12.2. The predicted octanol–water partition coefficient (Wildman–Crippen LogP) is 3.88. The maximum Gasteiger partial charge on any atom is 0.181 e. The maximum absolute atomic E-state index is 12.6. The van der Waals surface area contributed by atoms with Crippen LogP contribution in [-0.2, 0) is 4.79 Å². The molecule has 0 bridgehead atoms. The molecule has 0 aromatic rings. The molecular formula is C15H22OSi. The van der Waals surface area contributed by atoms with Crippen LogP contribution in [0.2, 0.25) is 19.6 Å². The average Bonchev–Trinajstić information content (AvgIpc) is 2.80. The van der Waals surface area contributed by atoms with Gasteiger partial charge in [-0.15, -0.1) is 0 Å². The number of rotatable bonds is 1. The lowest BCUT2D eigenvalue weighted by molar-refractivity contribution is -0.112. The third-order valence-corrected chi connectivity index (χ3v) is 7.22. The van der Waals surface area contributed by atoms with Gasteiger partial charge in [0.1, 0.15) is 0 Å². The summed E-state index contributed by atoms with van der Waals surface area (Å²) in [7, 11) is -1.51. The zero-order chi connectivity index (χ0) is 12.4. The molecule has 0 amide bonds. The SMILES string of the molecule is C=C1C(=O)C([Si](C)(C)C)=C2CCC3CCCC123. The van der Waals surface area contributed by atoms with Gasteiger partial charge in [-0.25, -0.2) is 0 Å². The Morgan fingerprint density at radius 2 is 2.00 bits per heavy atom. The number of carbonyl (C=O) groups is 1. The highest BCUT2D eigenvalue weighted by Crippen LogP contribution is 2.65. The zero-order valence-electron chi connectivity index (χ0n) is 11.2. The van der Waals surface area contributed by atoms with Crippen LogP contribution in [0.25, 0.3) is 0 Å². The van der Waals surface area contributed by atoms with Crippen LogP contribution < -0.4 is 0 Å². The summed E-state index contributed by atoms with van der Waals surface area (Å²) in [6, 6.07) is 0. The molecule has 0 heterocycles. The molecule has 3 rings (SSSR count). The van der Waals surface area contributed by atoms with Gasteiger partial charge in [0, 0.05) is 11.0 Å². The number of ketones is 1. The summed E-state index contributed by atoms with van der Waals surface area (Å²) >= 11 is 0. The second kappa shape index (κ2) is 3.22. The van der Waals surface area contributed by atoms with Crippen LogP contribution in [-0.4, -0.2) is 13.9 Å². The fourth-order valence-corrected chi connectivity index (χ4v) is 6.70. The second-order valence-electron chi connectivity index (χ2n) is 7.01. The van der Waals surface area contributed by atoms with Crippen molar-refractivity contribution in [1.82, 2.24) is 0 Å². The van der Waals surface area contributed by atoms with Crippen molar-refractivity contribution in [2.24, 2.45) is 11.3 Å². The van der Waals surface area contributed by atoms with Crippen LogP contribution in [0.3, 0.4) is 0 Å². The summed E-state index contributed by atoms with van der Waals surface area (Å²) in [5.74, 6) is 1.08. The van der Waals surface area contributed by atoms with Crippen LogP contribution in [0.5, 0.6) is 0 Å². The van der Waals surface area contributed by atoms with E-state index in [-0.39, 0.29) is 5.41 Å². The van der Waals surface area contributed by atoms with Gasteiger partial charge in [0.2, 0.25) is 0 Å². The first-order chi connectivity index (χ1) is 7.89. The Kier molecular flexibility index (Phi) is 2.17. The molecule has 17 heavy (non-hydrogen) atoms. The van der Waals surface area contributed by atoms with Crippen molar-refractivity contribution in [3.8, 4) is 0 Å². The predicted molar refractivity (Wildman–Crippen MR) is 73.5 cm³/mol. The normalized spacial score (nSPS) is 36.8. The van der Waals surface area contributed by atoms with E-state index >= 15 is 0 Å². The lowest BCUT2D eigenvalue weighted by Gasteiger charge is -2.28. The van der Waals surface area contributed by atoms with Gasteiger partial charge in [0.15, 0.2) is 5.78 Å². The Bertz CT molecular complexity index is 452. The van der Waals surface area contributed by atoms with Crippen molar-refractivity contribution in [3.63, 3.8) is 0 Å². The highest BCUT2D eigenvalue weighted by molar-refractivity contribution is 6.88. The van der Waals surface area contributed by atoms with E-state index in [1.165, 1.54) is 42.9 Å². The van der Waals surface area contributed by atoms with Crippen LogP contribution in [0.4, 0.5) is 0 Å². The minimum Gasteiger partial charge on any atom is -0.290 e. The molecule has 2 atom stereocenters. The molecule has 2 saturated carbocycles. The quantitative estimate of drug-likeness (QED) is 0.507. The summed E-state index contributed by atoms with van der Waals surface area (Å²) in [4.78, 5) is 12.6. The van der Waals surface area contributed by atoms with Gasteiger partial charge < -0.3 is 0 Å². The lowest BCUT2D eigenvalue weighted by atomic mass is 9.75. The molecule has 0 N–H and O–H groups in total. The van der Waals surface area contributed by atoms with E-state index in [0.717, 1.165) is 11.5 Å². The van der Waals surface area contributed by atoms with Crippen molar-refractivity contribution < 1.29 is 4.79 Å². The van der Waals surface area contributed by atoms with E-state index in [1.54, 1.807) is 0 Å². The molecule has 0 aromatic carbocycles. The lowest BCUT2D eigenvalue weighted by Crippen LogP contribution is -2.28. The molecule has 1 nitrogen and oxygen atoms in total. The molecule has 0 aliphatic heterocycles. The molecule has 92 valence electrons. The Morgan fingerprint density at radius 1 is 1.29 bits per heavy atom. The molecule has 2 fully saturated rings. The largest absolute Gasteiger partial charge is 0.290 e. The van der Waals surface area contributed by atoms with Gasteiger partial charge in [-0.2, -0.15) is 0 Å². The Labute approximate surface area is 105 Å². The van der Waals surface area contributed by atoms with Crippen LogP contribution >= 0.6 is 0 Å². The third-order valence-electron chi connectivity index (χ3n) is 5.19. The van der Waals surface area contributed by atoms with Gasteiger partial charge in [0.25, 0.3) is 0 Å². The van der Waals surface area contributed by atoms with Crippen molar-refractivity contribution >= 4 is 13.9 Å². The first kappa shape index (κ1) is 11.5. The topological polar surface area (TPSA) is 17.1 Å². The second-order valence-corrected chi connectivity index (χ2v) is 12.0. The molecule has 3 aliphatic rings. The van der Waals surface area contributed by atoms with Crippen molar-refractivity contribution in [3.05, 3.63) is 22.9 Å². The Balaban J connectivity index is 2.22. The number of allylic oxidation sites excluding steroid dienone is 3. The third kappa shape index (κ3) is 1.22. The average molecular weight is 246 g/mol. The summed E-state index contributed by atoms with van der Waals surface area (Å²) in [5.41, 5.74) is 2.64. The molecule has 1 spiro atoms. The molecule has 0 saturated heterocycles. The van der Waals surface area contributed by atoms with E-state index in [4.69, 9.17) is 0 Å². The molecule has 0 aromatic heterocycles. The Morgan fingerprint density at radius 3 is 2.65 bits per heavy atom. The van der Waals surface area contributed by atoms with Crippen molar-refractivity contribution in [2.45, 2.75) is 51.7 Å². The van der Waals surface area contributed by atoms with Crippen molar-refractivity contribution in [2.75, 3.05) is 0 Å². The van der Waals surface area contributed by atoms with Gasteiger partial charge in [-0.3, -0.25) is 4.79 Å². The summed E-state index contributed by atoms with van der Waals surface area (Å²) < 4.78 is 0. The van der Waals surface area contributed by atoms with Crippen LogP contribution in [0.1, 0.15) is 32.1 Å². The molecule has 2 unspecified atom stereocenters. The molecule has 2 heteroatoms. The van der Waals surface area contributed by atoms with Crippen LogP contribution in [0.15, 0.2) is 22.9 Å². The van der Waals surface area contributed by atoms with Gasteiger partial charge >= 0.3 is 0 Å². The van der Waals surface area contributed by atoms with E-state index in [9.17, 15) is 4.79 Å². The standard InChI is InChI=1S/C15H22OSi/c1-10-13(16)14(17(2,3)4)12-8-7-11-6-5-9-15(10,11)12/h11H,1,5-9H2,2-4H3. The number of hydrogen-bond donors (Lipinski definition) is 0. The minimum absolute atomic E-state index is 0.146. The number of carbonyl (C=O) groups excluding carboxylic acids is 1. The molecule has 3 aliphatic carbocycles. The molecular weight excluding hydrogens is 224 g/mol. The van der Waals surface area contributed by atoms with Gasteiger partial charge in [-0.05, 0) is 36.8 Å². The van der Waals surface area contributed by atoms with E-state index in [0.29, 0.717) is 5.78 Å². The van der Waals surface area contributed by atoms with E-state index in [2.05, 4.69) is 26.2 Å². The summed E-state index contributed by atoms with van der Waals surface area (Å²) in [6.45, 7) is 11.1. The Hall–Kier alpha value is -0.633. The van der Waals surface area contributed by atoms with E-state index in [1.807, 2.05) is 0 Å². The van der Waals surface area contributed by atoms with Gasteiger partial charge in [-0.1, -0.05) is 38.2 Å².